The van der Waals surface area contributed by atoms with Crippen molar-refractivity contribution in [2.45, 2.75) is 30.8 Å². The van der Waals surface area contributed by atoms with E-state index in [-0.39, 0.29) is 12.0 Å². The van der Waals surface area contributed by atoms with Crippen LogP contribution in [0.15, 0.2) is 34.5 Å². The van der Waals surface area contributed by atoms with Crippen molar-refractivity contribution in [2.75, 3.05) is 19.5 Å². The Labute approximate surface area is 140 Å². The molecule has 1 fully saturated rings. The molecule has 0 saturated carbocycles. The predicted molar refractivity (Wildman–Crippen MR) is 98.0 cm³/mol. The Morgan fingerprint density at radius 2 is 2.00 bits per heavy atom. The van der Waals surface area contributed by atoms with Gasteiger partial charge >= 0.3 is 0 Å². The summed E-state index contributed by atoms with van der Waals surface area (Å²) in [4.78, 5) is 0. The van der Waals surface area contributed by atoms with Crippen LogP contribution in [0.5, 0.6) is 0 Å². The number of halogens is 1. The first kappa shape index (κ1) is 18.0. The molecule has 2 aliphatic rings. The zero-order valence-electron chi connectivity index (χ0n) is 13.1. The summed E-state index contributed by atoms with van der Waals surface area (Å²) < 4.78 is 6.74. The zero-order valence-corrected chi connectivity index (χ0v) is 15.6. The Bertz CT molecular complexity index is 566. The number of allylic oxidation sites excluding steroid dienone is 2. The van der Waals surface area contributed by atoms with E-state index < -0.39 is 25.2 Å². The van der Waals surface area contributed by atoms with Crippen molar-refractivity contribution in [2.24, 2.45) is 11.7 Å². The van der Waals surface area contributed by atoms with Gasteiger partial charge in [0.05, 0.1) is 12.2 Å². The lowest BCUT2D eigenvalue weighted by Gasteiger charge is -2.27. The van der Waals surface area contributed by atoms with E-state index in [0.717, 1.165) is 16.2 Å². The third kappa shape index (κ3) is 3.95. The number of hydrogen-bond acceptors (Lipinski definition) is 4. The van der Waals surface area contributed by atoms with Crippen molar-refractivity contribution in [1.82, 2.24) is 0 Å². The maximum absolute atomic E-state index is 10.4. The minimum Gasteiger partial charge on any atom is -0.398 e. The van der Waals surface area contributed by atoms with Gasteiger partial charge in [-0.25, -0.2) is 0 Å². The first-order valence-electron chi connectivity index (χ1n) is 7.33. The van der Waals surface area contributed by atoms with Crippen LogP contribution in [0, 0.1) is 5.92 Å². The van der Waals surface area contributed by atoms with Gasteiger partial charge in [-0.1, -0.05) is 12.7 Å². The Balaban J connectivity index is 2.10. The summed E-state index contributed by atoms with van der Waals surface area (Å²) in [6.45, 7) is 7.12. The minimum atomic E-state index is -1.18. The van der Waals surface area contributed by atoms with Crippen molar-refractivity contribution < 1.29 is 14.9 Å². The molecule has 0 radical (unpaired) electrons. The average molecular weight is 390 g/mol. The Morgan fingerprint density at radius 3 is 2.59 bits per heavy atom. The van der Waals surface area contributed by atoms with E-state index in [0.29, 0.717) is 12.1 Å². The molecule has 1 aliphatic heterocycles. The fourth-order valence-electron chi connectivity index (χ4n) is 2.82. The highest BCUT2D eigenvalue weighted by Gasteiger charge is 2.46. The summed E-state index contributed by atoms with van der Waals surface area (Å²) in [7, 11) is 0. The maximum Gasteiger partial charge on any atom is 0.109 e. The molecule has 0 aromatic rings. The fourth-order valence-corrected chi connectivity index (χ4v) is 4.17. The monoisotopic (exact) mass is 389 g/mol. The summed E-state index contributed by atoms with van der Waals surface area (Å²) in [5.41, 5.74) is 7.23. The highest BCUT2D eigenvalue weighted by Crippen LogP contribution is 2.40. The highest BCUT2D eigenvalue weighted by molar-refractivity contribution is 9.12. The largest absolute Gasteiger partial charge is 0.398 e. The van der Waals surface area contributed by atoms with Gasteiger partial charge in [0.15, 0.2) is 0 Å². The smallest absolute Gasteiger partial charge is 0.109 e. The summed E-state index contributed by atoms with van der Waals surface area (Å²) in [5, 5.41) is 20.6. The van der Waals surface area contributed by atoms with E-state index in [1.807, 2.05) is 6.08 Å². The molecule has 4 N–H and O–H groups in total. The number of aliphatic hydroxyl groups excluding tert-OH is 2. The third-order valence-electron chi connectivity index (χ3n) is 4.14. The topological polar surface area (TPSA) is 75.7 Å². The van der Waals surface area contributed by atoms with E-state index in [1.165, 1.54) is 0 Å². The SMILES string of the molecule is C=C1C=C(N)C(Br)=C[C@@H]1C1O[C@H](CCP(=C)(C)C)[C@@H](O)[C@H]1O. The molecule has 0 spiro atoms. The van der Waals surface area contributed by atoms with Gasteiger partial charge in [0.25, 0.3) is 0 Å². The highest BCUT2D eigenvalue weighted by atomic mass is 79.9. The molecule has 1 aliphatic carbocycles. The van der Waals surface area contributed by atoms with Crippen molar-refractivity contribution in [3.05, 3.63) is 34.5 Å². The Hall–Kier alpha value is -0.320. The van der Waals surface area contributed by atoms with Gasteiger partial charge in [-0.2, -0.15) is 0 Å². The van der Waals surface area contributed by atoms with E-state index in [9.17, 15) is 10.2 Å². The summed E-state index contributed by atoms with van der Waals surface area (Å²) >= 11 is 3.40. The maximum atomic E-state index is 10.4. The number of hydrogen-bond donors (Lipinski definition) is 3. The Morgan fingerprint density at radius 1 is 1.36 bits per heavy atom. The molecule has 0 amide bonds. The molecule has 1 saturated heterocycles. The molecule has 1 unspecified atom stereocenters. The van der Waals surface area contributed by atoms with Crippen LogP contribution >= 0.6 is 22.8 Å². The second-order valence-corrected chi connectivity index (χ2v) is 12.0. The molecule has 1 heterocycles. The van der Waals surface area contributed by atoms with Crippen LogP contribution in [-0.2, 0) is 4.74 Å². The van der Waals surface area contributed by atoms with Crippen molar-refractivity contribution >= 4 is 29.1 Å². The predicted octanol–water partition coefficient (Wildman–Crippen LogP) is 1.88. The number of aliphatic hydroxyl groups is 2. The molecule has 2 rings (SSSR count). The second kappa shape index (κ2) is 6.66. The molecule has 4 nitrogen and oxygen atoms in total. The van der Waals surface area contributed by atoms with Crippen molar-refractivity contribution in [1.29, 1.82) is 0 Å². The standard InChI is InChI=1S/C16H25BrNO3P/c1-9-7-12(18)11(17)8-10(9)16-15(20)14(19)13(21-16)5-6-22(2,3)4/h7-8,10,13-16,19-20H,1-2,5-6,18H2,3-4H3/t10-,13+,14+,15+,16?/m0/s1. The van der Waals surface area contributed by atoms with Crippen LogP contribution < -0.4 is 5.73 Å². The molecule has 0 aromatic heterocycles. The van der Waals surface area contributed by atoms with Gasteiger partial charge in [-0.05, 0) is 53.5 Å². The van der Waals surface area contributed by atoms with Gasteiger partial charge in [0, 0.05) is 16.1 Å². The molecule has 6 heteroatoms. The lowest BCUT2D eigenvalue weighted by Crippen LogP contribution is -2.36. The van der Waals surface area contributed by atoms with Crippen LogP contribution in [0.2, 0.25) is 0 Å². The van der Waals surface area contributed by atoms with Crippen LogP contribution in [0.4, 0.5) is 0 Å². The average Bonchev–Trinajstić information content (AvgIpc) is 2.68. The lowest BCUT2D eigenvalue weighted by molar-refractivity contribution is -0.00722. The van der Waals surface area contributed by atoms with Gasteiger partial charge in [-0.15, -0.1) is 13.2 Å². The number of ether oxygens (including phenoxy) is 1. The molecule has 0 aromatic carbocycles. The minimum absolute atomic E-state index is 0.195. The van der Waals surface area contributed by atoms with Gasteiger partial charge in [-0.3, -0.25) is 0 Å². The molecule has 5 atom stereocenters. The summed E-state index contributed by atoms with van der Waals surface area (Å²) in [5.74, 6) is -0.195. The van der Waals surface area contributed by atoms with E-state index in [1.54, 1.807) is 6.08 Å². The number of nitrogens with two attached hydrogens (primary N) is 1. The third-order valence-corrected chi connectivity index (χ3v) is 6.33. The number of rotatable bonds is 4. The van der Waals surface area contributed by atoms with Crippen LogP contribution in [0.3, 0.4) is 0 Å². The van der Waals surface area contributed by atoms with Gasteiger partial charge in [0.2, 0.25) is 0 Å². The van der Waals surface area contributed by atoms with Crippen LogP contribution in [0.1, 0.15) is 6.42 Å². The normalized spacial score (nSPS) is 36.2. The molecular formula is C16H25BrNO3P. The van der Waals surface area contributed by atoms with E-state index in [2.05, 4.69) is 42.1 Å². The molecule has 0 bridgehead atoms. The quantitative estimate of drug-likeness (QED) is 0.641. The molecule has 124 valence electrons. The van der Waals surface area contributed by atoms with Crippen molar-refractivity contribution in [3.8, 4) is 0 Å². The van der Waals surface area contributed by atoms with Gasteiger partial charge in [0.1, 0.15) is 12.2 Å². The lowest BCUT2D eigenvalue weighted by atomic mass is 9.86. The van der Waals surface area contributed by atoms with Crippen LogP contribution in [-0.4, -0.2) is 60.4 Å². The Kier molecular flexibility index (Phi) is 5.46. The van der Waals surface area contributed by atoms with Crippen LogP contribution in [0.25, 0.3) is 0 Å². The van der Waals surface area contributed by atoms with Gasteiger partial charge < -0.3 is 20.7 Å². The first-order chi connectivity index (χ1) is 10.1. The van der Waals surface area contributed by atoms with Crippen molar-refractivity contribution in [3.63, 3.8) is 0 Å². The first-order valence-corrected chi connectivity index (χ1v) is 11.2. The summed E-state index contributed by atoms with van der Waals surface area (Å²) in [6, 6.07) is 0. The zero-order chi connectivity index (χ0) is 16.7. The molecular weight excluding hydrogens is 365 g/mol. The van der Waals surface area contributed by atoms with E-state index >= 15 is 0 Å². The summed E-state index contributed by atoms with van der Waals surface area (Å²) in [6.07, 6.45) is 6.80. The second-order valence-electron chi connectivity index (χ2n) is 6.78. The fraction of sp³-hybridized carbons (Fsp3) is 0.562. The molecule has 22 heavy (non-hydrogen) atoms. The van der Waals surface area contributed by atoms with E-state index in [4.69, 9.17) is 10.5 Å².